The highest BCUT2D eigenvalue weighted by molar-refractivity contribution is 7.71. The van der Waals surface area contributed by atoms with E-state index in [0.717, 1.165) is 0 Å². The standard InChI is InChI=1S/C11H16N2O6S/c1-4(15)5-2-13(11(20)12-9(5)18)10-8(17)7(16)6(3-14)19-10/h2,4,6-8,10,14-17H,3H2,1H3,(H,12,18,20)/t4?,6-,7-,8-,10-/m1/s1. The number of ether oxygens (including phenoxy) is 1. The van der Waals surface area contributed by atoms with Crippen LogP contribution in [0.5, 0.6) is 0 Å². The highest BCUT2D eigenvalue weighted by Gasteiger charge is 2.43. The summed E-state index contributed by atoms with van der Waals surface area (Å²) in [7, 11) is 0. The first kappa shape index (κ1) is 15.3. The van der Waals surface area contributed by atoms with Crippen LogP contribution < -0.4 is 5.56 Å². The Morgan fingerprint density at radius 2 is 2.15 bits per heavy atom. The van der Waals surface area contributed by atoms with Crippen LogP contribution in [-0.2, 0) is 4.74 Å². The van der Waals surface area contributed by atoms with Crippen molar-refractivity contribution < 1.29 is 25.2 Å². The molecule has 2 rings (SSSR count). The van der Waals surface area contributed by atoms with E-state index in [0.29, 0.717) is 0 Å². The fraction of sp³-hybridized carbons (Fsp3) is 0.636. The van der Waals surface area contributed by atoms with Crippen LogP contribution in [0.25, 0.3) is 0 Å². The lowest BCUT2D eigenvalue weighted by molar-refractivity contribution is -0.0544. The lowest BCUT2D eigenvalue weighted by atomic mass is 10.1. The second kappa shape index (κ2) is 5.72. The zero-order valence-corrected chi connectivity index (χ0v) is 11.4. The average molecular weight is 304 g/mol. The summed E-state index contributed by atoms with van der Waals surface area (Å²) in [5.74, 6) is 0. The van der Waals surface area contributed by atoms with E-state index in [2.05, 4.69) is 4.98 Å². The van der Waals surface area contributed by atoms with Crippen LogP contribution in [0.2, 0.25) is 0 Å². The Kier molecular flexibility index (Phi) is 4.37. The highest BCUT2D eigenvalue weighted by atomic mass is 32.1. The first-order valence-electron chi connectivity index (χ1n) is 6.02. The Morgan fingerprint density at radius 3 is 2.65 bits per heavy atom. The van der Waals surface area contributed by atoms with Crippen molar-refractivity contribution in [1.82, 2.24) is 9.55 Å². The largest absolute Gasteiger partial charge is 0.394 e. The van der Waals surface area contributed by atoms with Crippen molar-refractivity contribution in [3.05, 3.63) is 26.9 Å². The summed E-state index contributed by atoms with van der Waals surface area (Å²) in [6.07, 6.45) is -4.34. The van der Waals surface area contributed by atoms with Gasteiger partial charge in [-0.15, -0.1) is 0 Å². The van der Waals surface area contributed by atoms with Crippen molar-refractivity contribution >= 4 is 12.2 Å². The molecule has 1 aliphatic heterocycles. The quantitative estimate of drug-likeness (QED) is 0.433. The lowest BCUT2D eigenvalue weighted by Crippen LogP contribution is -2.33. The molecule has 0 bridgehead atoms. The molecule has 112 valence electrons. The van der Waals surface area contributed by atoms with Crippen LogP contribution >= 0.6 is 12.2 Å². The number of H-pyrrole nitrogens is 1. The average Bonchev–Trinajstić information content (AvgIpc) is 2.66. The maximum absolute atomic E-state index is 11.6. The Labute approximate surface area is 118 Å². The third-order valence-electron chi connectivity index (χ3n) is 3.24. The summed E-state index contributed by atoms with van der Waals surface area (Å²) in [4.78, 5) is 14.0. The van der Waals surface area contributed by atoms with Gasteiger partial charge in [0, 0.05) is 6.20 Å². The van der Waals surface area contributed by atoms with Crippen molar-refractivity contribution in [2.75, 3.05) is 6.61 Å². The Bertz CT molecular complexity index is 597. The summed E-state index contributed by atoms with van der Waals surface area (Å²) in [5.41, 5.74) is -0.482. The zero-order valence-electron chi connectivity index (χ0n) is 10.6. The molecule has 0 spiro atoms. The monoisotopic (exact) mass is 304 g/mol. The van der Waals surface area contributed by atoms with E-state index in [9.17, 15) is 20.1 Å². The highest BCUT2D eigenvalue weighted by Crippen LogP contribution is 2.29. The van der Waals surface area contributed by atoms with Gasteiger partial charge in [0.15, 0.2) is 11.0 Å². The Balaban J connectivity index is 2.46. The Hall–Kier alpha value is -1.10. The molecule has 2 heterocycles. The minimum atomic E-state index is -1.31. The second-order valence-electron chi connectivity index (χ2n) is 4.66. The van der Waals surface area contributed by atoms with Gasteiger partial charge in [0.25, 0.3) is 5.56 Å². The maximum atomic E-state index is 11.6. The van der Waals surface area contributed by atoms with Gasteiger partial charge in [-0.2, -0.15) is 0 Å². The predicted molar refractivity (Wildman–Crippen MR) is 69.5 cm³/mol. The molecule has 8 nitrogen and oxygen atoms in total. The SMILES string of the molecule is CC(O)c1cn([C@@H]2O[C@H](CO)[C@@H](O)[C@H]2O)c(=S)[nH]c1=O. The van der Waals surface area contributed by atoms with Crippen LogP contribution in [0, 0.1) is 4.77 Å². The number of aromatic nitrogens is 2. The zero-order chi connectivity index (χ0) is 15.0. The minimum absolute atomic E-state index is 0.0192. The first-order valence-corrected chi connectivity index (χ1v) is 6.43. The molecule has 0 aliphatic carbocycles. The molecule has 1 fully saturated rings. The number of aliphatic hydroxyl groups is 4. The van der Waals surface area contributed by atoms with E-state index < -0.39 is 42.8 Å². The number of aliphatic hydroxyl groups excluding tert-OH is 4. The van der Waals surface area contributed by atoms with E-state index in [1.54, 1.807) is 0 Å². The van der Waals surface area contributed by atoms with Crippen LogP contribution in [0.1, 0.15) is 24.8 Å². The summed E-state index contributed by atoms with van der Waals surface area (Å²) >= 11 is 4.98. The van der Waals surface area contributed by atoms with Gasteiger partial charge in [-0.3, -0.25) is 14.3 Å². The van der Waals surface area contributed by atoms with Crippen molar-refractivity contribution in [1.29, 1.82) is 0 Å². The summed E-state index contributed by atoms with van der Waals surface area (Å²) in [6.45, 7) is 0.948. The van der Waals surface area contributed by atoms with Crippen LogP contribution in [0.3, 0.4) is 0 Å². The fourth-order valence-electron chi connectivity index (χ4n) is 2.10. The van der Waals surface area contributed by atoms with Gasteiger partial charge in [0.1, 0.15) is 18.3 Å². The predicted octanol–water partition coefficient (Wildman–Crippen LogP) is -1.43. The number of rotatable bonds is 3. The number of nitrogens with zero attached hydrogens (tertiary/aromatic N) is 1. The molecule has 1 aliphatic rings. The van der Waals surface area contributed by atoms with Gasteiger partial charge in [-0.1, -0.05) is 0 Å². The molecule has 1 unspecified atom stereocenters. The number of hydrogen-bond acceptors (Lipinski definition) is 7. The van der Waals surface area contributed by atoms with Gasteiger partial charge in [-0.25, -0.2) is 0 Å². The Morgan fingerprint density at radius 1 is 1.50 bits per heavy atom. The molecule has 0 radical (unpaired) electrons. The molecule has 1 aromatic rings. The van der Waals surface area contributed by atoms with Crippen LogP contribution in [-0.4, -0.2) is 54.9 Å². The normalized spacial score (nSPS) is 31.4. The topological polar surface area (TPSA) is 128 Å². The molecule has 1 saturated heterocycles. The third kappa shape index (κ3) is 2.55. The summed E-state index contributed by atoms with van der Waals surface area (Å²) in [5, 5.41) is 38.2. The number of nitrogens with one attached hydrogen (secondary N) is 1. The number of aromatic amines is 1. The molecule has 20 heavy (non-hydrogen) atoms. The van der Waals surface area contributed by atoms with Crippen molar-refractivity contribution in [2.45, 2.75) is 37.6 Å². The summed E-state index contributed by atoms with van der Waals surface area (Å²) < 4.78 is 6.54. The lowest BCUT2D eigenvalue weighted by Gasteiger charge is -2.19. The van der Waals surface area contributed by atoms with E-state index >= 15 is 0 Å². The molecule has 0 amide bonds. The maximum Gasteiger partial charge on any atom is 0.257 e. The van der Waals surface area contributed by atoms with E-state index in [1.165, 1.54) is 17.7 Å². The molecule has 5 N–H and O–H groups in total. The van der Waals surface area contributed by atoms with Crippen molar-refractivity contribution in [3.63, 3.8) is 0 Å². The molecule has 0 saturated carbocycles. The first-order chi connectivity index (χ1) is 9.36. The van der Waals surface area contributed by atoms with Crippen LogP contribution in [0.15, 0.2) is 11.0 Å². The fourth-order valence-corrected chi connectivity index (χ4v) is 2.35. The van der Waals surface area contributed by atoms with Crippen molar-refractivity contribution in [3.8, 4) is 0 Å². The molecule has 9 heteroatoms. The van der Waals surface area contributed by atoms with Gasteiger partial charge in [0.2, 0.25) is 0 Å². The van der Waals surface area contributed by atoms with Gasteiger partial charge in [-0.05, 0) is 19.1 Å². The van der Waals surface area contributed by atoms with E-state index in [1.807, 2.05) is 0 Å². The van der Waals surface area contributed by atoms with Gasteiger partial charge < -0.3 is 25.2 Å². The second-order valence-corrected chi connectivity index (χ2v) is 5.04. The molecule has 5 atom stereocenters. The molecular formula is C11H16N2O6S. The van der Waals surface area contributed by atoms with Gasteiger partial charge in [0.05, 0.1) is 18.3 Å². The van der Waals surface area contributed by atoms with Crippen molar-refractivity contribution in [2.24, 2.45) is 0 Å². The van der Waals surface area contributed by atoms with E-state index in [4.69, 9.17) is 22.1 Å². The molecule has 1 aromatic heterocycles. The minimum Gasteiger partial charge on any atom is -0.394 e. The summed E-state index contributed by atoms with van der Waals surface area (Å²) in [6, 6.07) is 0. The smallest absolute Gasteiger partial charge is 0.257 e. The third-order valence-corrected chi connectivity index (χ3v) is 3.55. The van der Waals surface area contributed by atoms with Crippen LogP contribution in [0.4, 0.5) is 0 Å². The van der Waals surface area contributed by atoms with Gasteiger partial charge >= 0.3 is 0 Å². The molecule has 0 aromatic carbocycles. The van der Waals surface area contributed by atoms with E-state index in [-0.39, 0.29) is 10.3 Å². The number of hydrogen-bond donors (Lipinski definition) is 5. The molecular weight excluding hydrogens is 288 g/mol.